The molecule has 0 fully saturated rings. The van der Waals surface area contributed by atoms with E-state index in [1.807, 2.05) is 19.1 Å². The minimum atomic E-state index is -0.499. The first-order chi connectivity index (χ1) is 12.0. The number of halogens is 1. The van der Waals surface area contributed by atoms with Crippen molar-refractivity contribution in [1.82, 2.24) is 16.0 Å². The fraction of sp³-hybridized carbons (Fsp3) is 0.235. The lowest BCUT2D eigenvalue weighted by atomic mass is 10.1. The Morgan fingerprint density at radius 1 is 1.04 bits per heavy atom. The average molecular weight is 364 g/mol. The zero-order chi connectivity index (χ0) is 18.2. The van der Waals surface area contributed by atoms with E-state index in [-0.39, 0.29) is 30.8 Å². The van der Waals surface area contributed by atoms with Gasteiger partial charge in [0.15, 0.2) is 5.76 Å². The van der Waals surface area contributed by atoms with E-state index in [4.69, 9.17) is 16.0 Å². The highest BCUT2D eigenvalue weighted by Crippen LogP contribution is 2.15. The summed E-state index contributed by atoms with van der Waals surface area (Å²) >= 11 is 5.82. The first kappa shape index (κ1) is 18.5. The number of amides is 3. The van der Waals surface area contributed by atoms with Gasteiger partial charge >= 0.3 is 0 Å². The highest BCUT2D eigenvalue weighted by Gasteiger charge is 2.12. The Kier molecular flexibility index (Phi) is 6.59. The van der Waals surface area contributed by atoms with E-state index in [0.717, 1.165) is 5.56 Å². The van der Waals surface area contributed by atoms with E-state index in [2.05, 4.69) is 16.0 Å². The number of furan rings is 1. The van der Waals surface area contributed by atoms with Gasteiger partial charge in [-0.3, -0.25) is 14.4 Å². The van der Waals surface area contributed by atoms with E-state index in [1.165, 1.54) is 12.3 Å². The molecule has 0 unspecified atom stereocenters. The van der Waals surface area contributed by atoms with Crippen LogP contribution in [0.25, 0.3) is 0 Å². The first-order valence-electron chi connectivity index (χ1n) is 7.59. The topological polar surface area (TPSA) is 100 Å². The first-order valence-corrected chi connectivity index (χ1v) is 7.96. The molecule has 0 aliphatic heterocycles. The zero-order valence-corrected chi connectivity index (χ0v) is 14.3. The lowest BCUT2D eigenvalue weighted by Gasteiger charge is -2.14. The van der Waals surface area contributed by atoms with Crippen molar-refractivity contribution < 1.29 is 18.8 Å². The Morgan fingerprint density at radius 2 is 1.72 bits per heavy atom. The zero-order valence-electron chi connectivity index (χ0n) is 13.5. The van der Waals surface area contributed by atoms with Crippen LogP contribution >= 0.6 is 11.6 Å². The van der Waals surface area contributed by atoms with Crippen molar-refractivity contribution in [2.24, 2.45) is 0 Å². The summed E-state index contributed by atoms with van der Waals surface area (Å²) in [5.74, 6) is -1.20. The third-order valence-corrected chi connectivity index (χ3v) is 3.60. The molecule has 2 rings (SSSR count). The molecule has 7 nitrogen and oxygen atoms in total. The minimum absolute atomic E-state index is 0.113. The molecule has 1 aromatic heterocycles. The molecule has 132 valence electrons. The van der Waals surface area contributed by atoms with Crippen LogP contribution in [-0.4, -0.2) is 30.8 Å². The molecular formula is C17H18ClN3O4. The monoisotopic (exact) mass is 363 g/mol. The van der Waals surface area contributed by atoms with Crippen molar-refractivity contribution in [2.45, 2.75) is 13.0 Å². The van der Waals surface area contributed by atoms with E-state index in [1.54, 1.807) is 18.2 Å². The van der Waals surface area contributed by atoms with Crippen LogP contribution < -0.4 is 16.0 Å². The molecule has 3 N–H and O–H groups in total. The maximum Gasteiger partial charge on any atom is 0.287 e. The van der Waals surface area contributed by atoms with Gasteiger partial charge in [0.1, 0.15) is 0 Å². The Hall–Kier alpha value is -2.80. The molecule has 8 heteroatoms. The maximum absolute atomic E-state index is 11.9. The van der Waals surface area contributed by atoms with Gasteiger partial charge in [-0.05, 0) is 36.8 Å². The molecule has 0 saturated carbocycles. The molecule has 2 aromatic rings. The summed E-state index contributed by atoms with van der Waals surface area (Å²) in [6, 6.07) is 9.94. The van der Waals surface area contributed by atoms with E-state index in [0.29, 0.717) is 5.02 Å². The van der Waals surface area contributed by atoms with Gasteiger partial charge in [0.05, 0.1) is 25.4 Å². The van der Waals surface area contributed by atoms with Crippen molar-refractivity contribution in [2.75, 3.05) is 13.1 Å². The lowest BCUT2D eigenvalue weighted by molar-refractivity contribution is -0.125. The summed E-state index contributed by atoms with van der Waals surface area (Å²) in [7, 11) is 0. The van der Waals surface area contributed by atoms with Crippen molar-refractivity contribution in [1.29, 1.82) is 0 Å². The molecule has 1 atom stereocenters. The van der Waals surface area contributed by atoms with E-state index >= 15 is 0 Å². The van der Waals surface area contributed by atoms with Gasteiger partial charge < -0.3 is 20.4 Å². The molecular weight excluding hydrogens is 346 g/mol. The normalized spacial score (nSPS) is 11.4. The number of benzene rings is 1. The van der Waals surface area contributed by atoms with Gasteiger partial charge in [-0.25, -0.2) is 0 Å². The molecule has 0 aliphatic rings. The van der Waals surface area contributed by atoms with Crippen LogP contribution in [0, 0.1) is 0 Å². The second-order valence-electron chi connectivity index (χ2n) is 5.28. The van der Waals surface area contributed by atoms with Crippen LogP contribution in [0.3, 0.4) is 0 Å². The quantitative estimate of drug-likeness (QED) is 0.696. The second-order valence-corrected chi connectivity index (χ2v) is 5.71. The van der Waals surface area contributed by atoms with Crippen LogP contribution in [0.4, 0.5) is 0 Å². The van der Waals surface area contributed by atoms with Crippen LogP contribution in [0.2, 0.25) is 5.02 Å². The summed E-state index contributed by atoms with van der Waals surface area (Å²) < 4.78 is 4.90. The van der Waals surface area contributed by atoms with E-state index < -0.39 is 11.8 Å². The Balaban J connectivity index is 1.69. The highest BCUT2D eigenvalue weighted by atomic mass is 35.5. The minimum Gasteiger partial charge on any atom is -0.459 e. The van der Waals surface area contributed by atoms with Gasteiger partial charge in [0.25, 0.3) is 5.91 Å². The molecule has 0 aliphatic carbocycles. The molecule has 0 radical (unpaired) electrons. The molecule has 0 bridgehead atoms. The number of hydrogen-bond acceptors (Lipinski definition) is 4. The fourth-order valence-electron chi connectivity index (χ4n) is 2.02. The molecule has 3 amide bonds. The standard InChI is InChI=1S/C17H18ClN3O4/c1-11(12-4-6-13(18)7-5-12)21-16(23)10-19-15(22)9-20-17(24)14-3-2-8-25-14/h2-8,11H,9-10H2,1H3,(H,19,22)(H,20,24)(H,21,23)/t11-/m1/s1. The predicted molar refractivity (Wildman–Crippen MR) is 92.1 cm³/mol. The highest BCUT2D eigenvalue weighted by molar-refractivity contribution is 6.30. The van der Waals surface area contributed by atoms with Gasteiger partial charge in [-0.15, -0.1) is 0 Å². The SMILES string of the molecule is C[C@@H](NC(=O)CNC(=O)CNC(=O)c1ccco1)c1ccc(Cl)cc1. The van der Waals surface area contributed by atoms with Crippen molar-refractivity contribution in [3.63, 3.8) is 0 Å². The van der Waals surface area contributed by atoms with Crippen LogP contribution in [0.1, 0.15) is 29.1 Å². The second kappa shape index (κ2) is 8.89. The molecule has 0 saturated heterocycles. The van der Waals surface area contributed by atoms with Gasteiger partial charge in [-0.2, -0.15) is 0 Å². The Morgan fingerprint density at radius 3 is 2.36 bits per heavy atom. The molecule has 1 aromatic carbocycles. The largest absolute Gasteiger partial charge is 0.459 e. The van der Waals surface area contributed by atoms with Crippen LogP contribution in [0.15, 0.2) is 47.1 Å². The van der Waals surface area contributed by atoms with Crippen LogP contribution in [0.5, 0.6) is 0 Å². The number of rotatable bonds is 7. The van der Waals surface area contributed by atoms with Gasteiger partial charge in [-0.1, -0.05) is 23.7 Å². The predicted octanol–water partition coefficient (Wildman–Crippen LogP) is 1.66. The Bertz CT molecular complexity index is 729. The Labute approximate surface area is 149 Å². The molecule has 1 heterocycles. The summed E-state index contributed by atoms with van der Waals surface area (Å²) in [5.41, 5.74) is 0.898. The number of nitrogens with one attached hydrogen (secondary N) is 3. The fourth-order valence-corrected chi connectivity index (χ4v) is 2.15. The smallest absolute Gasteiger partial charge is 0.287 e. The van der Waals surface area contributed by atoms with Gasteiger partial charge in [0.2, 0.25) is 11.8 Å². The van der Waals surface area contributed by atoms with Crippen molar-refractivity contribution in [3.05, 3.63) is 59.0 Å². The average Bonchev–Trinajstić information content (AvgIpc) is 3.13. The van der Waals surface area contributed by atoms with Crippen LogP contribution in [-0.2, 0) is 9.59 Å². The third kappa shape index (κ3) is 5.96. The number of carbonyl (C=O) groups excluding carboxylic acids is 3. The number of carbonyl (C=O) groups is 3. The van der Waals surface area contributed by atoms with Crippen molar-refractivity contribution in [3.8, 4) is 0 Å². The molecule has 0 spiro atoms. The maximum atomic E-state index is 11.9. The lowest BCUT2D eigenvalue weighted by Crippen LogP contribution is -2.42. The third-order valence-electron chi connectivity index (χ3n) is 3.35. The summed E-state index contributed by atoms with van der Waals surface area (Å²) in [4.78, 5) is 35.1. The number of hydrogen-bond donors (Lipinski definition) is 3. The molecule has 25 heavy (non-hydrogen) atoms. The summed E-state index contributed by atoms with van der Waals surface area (Å²) in [5, 5.41) is 8.20. The summed E-state index contributed by atoms with van der Waals surface area (Å²) in [6.45, 7) is 1.39. The van der Waals surface area contributed by atoms with Crippen molar-refractivity contribution >= 4 is 29.3 Å². The van der Waals surface area contributed by atoms with E-state index in [9.17, 15) is 14.4 Å². The van der Waals surface area contributed by atoms with Gasteiger partial charge in [0, 0.05) is 5.02 Å². The summed E-state index contributed by atoms with van der Waals surface area (Å²) in [6.07, 6.45) is 1.36.